The molecule has 0 radical (unpaired) electrons. The van der Waals surface area contributed by atoms with Crippen LogP contribution in [0.2, 0.25) is 0 Å². The standard InChI is InChI=1S/C19H10N4O4S2/c24-18-16(29-19-20-17(21-22(18)19)15-5-2-8-28-15)10-13-6-7-14(27-13)11-3-1-4-12(9-11)23(25)26/h1-10H/b16-10-. The van der Waals surface area contributed by atoms with Crippen molar-refractivity contribution < 1.29 is 9.34 Å². The van der Waals surface area contributed by atoms with Crippen LogP contribution in [0.3, 0.4) is 0 Å². The molecule has 0 saturated carbocycles. The summed E-state index contributed by atoms with van der Waals surface area (Å²) in [6, 6.07) is 13.4. The van der Waals surface area contributed by atoms with Crippen molar-refractivity contribution in [3.05, 3.63) is 84.7 Å². The van der Waals surface area contributed by atoms with Crippen molar-refractivity contribution >= 4 is 39.4 Å². The van der Waals surface area contributed by atoms with Gasteiger partial charge in [-0.2, -0.15) is 9.50 Å². The second-order valence-electron chi connectivity index (χ2n) is 6.03. The molecule has 0 amide bonds. The minimum Gasteiger partial charge on any atom is -0.457 e. The molecule has 29 heavy (non-hydrogen) atoms. The van der Waals surface area contributed by atoms with Crippen molar-refractivity contribution in [2.24, 2.45) is 0 Å². The lowest BCUT2D eigenvalue weighted by molar-refractivity contribution is -0.384. The zero-order chi connectivity index (χ0) is 20.0. The van der Waals surface area contributed by atoms with Gasteiger partial charge < -0.3 is 4.42 Å². The Kier molecular flexibility index (Phi) is 4.07. The van der Waals surface area contributed by atoms with Crippen LogP contribution in [0.1, 0.15) is 5.76 Å². The van der Waals surface area contributed by atoms with Gasteiger partial charge in [-0.15, -0.1) is 16.4 Å². The summed E-state index contributed by atoms with van der Waals surface area (Å²) in [5, 5.41) is 17.2. The molecule has 0 atom stereocenters. The van der Waals surface area contributed by atoms with Crippen LogP contribution in [-0.2, 0) is 0 Å². The molecular weight excluding hydrogens is 412 g/mol. The summed E-state index contributed by atoms with van der Waals surface area (Å²) in [6.45, 7) is 0. The predicted octanol–water partition coefficient (Wildman–Crippen LogP) is 3.60. The van der Waals surface area contributed by atoms with Crippen molar-refractivity contribution in [1.29, 1.82) is 0 Å². The third kappa shape index (κ3) is 3.13. The van der Waals surface area contributed by atoms with Gasteiger partial charge in [0.1, 0.15) is 16.1 Å². The summed E-state index contributed by atoms with van der Waals surface area (Å²) in [7, 11) is 0. The van der Waals surface area contributed by atoms with Crippen LogP contribution < -0.4 is 10.1 Å². The van der Waals surface area contributed by atoms with E-state index >= 15 is 0 Å². The summed E-state index contributed by atoms with van der Waals surface area (Å²) >= 11 is 2.73. The van der Waals surface area contributed by atoms with Crippen LogP contribution in [0.5, 0.6) is 0 Å². The van der Waals surface area contributed by atoms with Crippen molar-refractivity contribution in [2.45, 2.75) is 0 Å². The maximum Gasteiger partial charge on any atom is 0.291 e. The molecule has 0 unspecified atom stereocenters. The van der Waals surface area contributed by atoms with Gasteiger partial charge in [0.05, 0.1) is 9.80 Å². The molecule has 4 aromatic heterocycles. The quantitative estimate of drug-likeness (QED) is 0.324. The van der Waals surface area contributed by atoms with Gasteiger partial charge in [0.25, 0.3) is 11.2 Å². The molecule has 10 heteroatoms. The molecule has 5 aromatic rings. The Morgan fingerprint density at radius 3 is 2.83 bits per heavy atom. The highest BCUT2D eigenvalue weighted by molar-refractivity contribution is 7.15. The van der Waals surface area contributed by atoms with Crippen molar-refractivity contribution in [2.75, 3.05) is 0 Å². The number of nitro benzene ring substituents is 1. The summed E-state index contributed by atoms with van der Waals surface area (Å²) in [5.41, 5.74) is 0.302. The molecule has 0 fully saturated rings. The Bertz CT molecular complexity index is 1460. The second-order valence-corrected chi connectivity index (χ2v) is 7.99. The number of non-ortho nitro benzene ring substituents is 1. The summed E-state index contributed by atoms with van der Waals surface area (Å²) in [6.07, 6.45) is 1.62. The maximum atomic E-state index is 12.6. The first-order valence-electron chi connectivity index (χ1n) is 8.38. The molecule has 8 nitrogen and oxygen atoms in total. The van der Waals surface area contributed by atoms with E-state index in [0.29, 0.717) is 32.4 Å². The van der Waals surface area contributed by atoms with E-state index in [1.165, 1.54) is 39.3 Å². The first-order valence-corrected chi connectivity index (χ1v) is 10.1. The molecule has 0 aliphatic rings. The highest BCUT2D eigenvalue weighted by Gasteiger charge is 2.13. The Labute approximate surface area is 170 Å². The van der Waals surface area contributed by atoms with E-state index in [1.807, 2.05) is 17.5 Å². The molecule has 5 rings (SSSR count). The van der Waals surface area contributed by atoms with Gasteiger partial charge >= 0.3 is 0 Å². The van der Waals surface area contributed by atoms with Crippen molar-refractivity contribution in [3.63, 3.8) is 0 Å². The topological polar surface area (TPSA) is 104 Å². The summed E-state index contributed by atoms with van der Waals surface area (Å²) in [5.74, 6) is 1.47. The fourth-order valence-electron chi connectivity index (χ4n) is 2.83. The lowest BCUT2D eigenvalue weighted by Crippen LogP contribution is -2.23. The van der Waals surface area contributed by atoms with Crippen LogP contribution in [0, 0.1) is 10.1 Å². The SMILES string of the molecule is O=c1/c(=C/c2ccc(-c3cccc([N+](=O)[O-])c3)o2)sc2nc(-c3cccs3)nn12. The number of aromatic nitrogens is 3. The number of hydrogen-bond acceptors (Lipinski definition) is 8. The Hall–Kier alpha value is -3.63. The first-order chi connectivity index (χ1) is 14.1. The number of hydrogen-bond donors (Lipinski definition) is 0. The first kappa shape index (κ1) is 17.5. The molecule has 0 N–H and O–H groups in total. The van der Waals surface area contributed by atoms with E-state index in [4.69, 9.17) is 4.42 Å². The smallest absolute Gasteiger partial charge is 0.291 e. The molecule has 0 aliphatic heterocycles. The number of thiophene rings is 1. The van der Waals surface area contributed by atoms with Crippen LogP contribution in [0.15, 0.2) is 63.1 Å². The number of thiazole rings is 1. The number of fused-ring (bicyclic) bond motifs is 1. The Morgan fingerprint density at radius 1 is 1.17 bits per heavy atom. The van der Waals surface area contributed by atoms with E-state index in [1.54, 1.807) is 30.3 Å². The van der Waals surface area contributed by atoms with Gasteiger partial charge in [-0.05, 0) is 23.6 Å². The van der Waals surface area contributed by atoms with Gasteiger partial charge in [-0.25, -0.2) is 0 Å². The van der Waals surface area contributed by atoms with Crippen molar-refractivity contribution in [3.8, 4) is 22.0 Å². The third-order valence-corrected chi connectivity index (χ3v) is 5.99. The molecule has 0 spiro atoms. The van der Waals surface area contributed by atoms with Gasteiger partial charge in [-0.3, -0.25) is 14.9 Å². The fraction of sp³-hybridized carbons (Fsp3) is 0. The number of nitro groups is 1. The van der Waals surface area contributed by atoms with Crippen molar-refractivity contribution in [1.82, 2.24) is 14.6 Å². The van der Waals surface area contributed by atoms with Crippen LogP contribution in [0.4, 0.5) is 5.69 Å². The number of furan rings is 1. The highest BCUT2D eigenvalue weighted by atomic mass is 32.1. The molecule has 0 bridgehead atoms. The van der Waals surface area contributed by atoms with Gasteiger partial charge in [0, 0.05) is 23.8 Å². The molecular formula is C19H10N4O4S2. The molecule has 4 heterocycles. The maximum absolute atomic E-state index is 12.6. The summed E-state index contributed by atoms with van der Waals surface area (Å²) < 4.78 is 7.49. The van der Waals surface area contributed by atoms with Gasteiger partial charge in [0.15, 0.2) is 5.82 Å². The minimum absolute atomic E-state index is 0.0154. The highest BCUT2D eigenvalue weighted by Crippen LogP contribution is 2.26. The average molecular weight is 422 g/mol. The molecule has 1 aromatic carbocycles. The number of rotatable bonds is 4. The van der Waals surface area contributed by atoms with Gasteiger partial charge in [-0.1, -0.05) is 29.5 Å². The number of nitrogens with zero attached hydrogens (tertiary/aromatic N) is 4. The zero-order valence-corrected chi connectivity index (χ0v) is 16.1. The van der Waals surface area contributed by atoms with E-state index in [9.17, 15) is 14.9 Å². The third-order valence-electron chi connectivity index (χ3n) is 4.17. The lowest BCUT2D eigenvalue weighted by atomic mass is 10.1. The van der Waals surface area contributed by atoms with Crippen LogP contribution >= 0.6 is 22.7 Å². The predicted molar refractivity (Wildman–Crippen MR) is 110 cm³/mol. The normalized spacial score (nSPS) is 12.1. The zero-order valence-electron chi connectivity index (χ0n) is 14.5. The van der Waals surface area contributed by atoms with E-state index in [2.05, 4.69) is 10.1 Å². The lowest BCUT2D eigenvalue weighted by Gasteiger charge is -1.96. The molecule has 0 aliphatic carbocycles. The fourth-order valence-corrected chi connectivity index (χ4v) is 4.37. The minimum atomic E-state index is -0.456. The van der Waals surface area contributed by atoms with E-state index < -0.39 is 4.92 Å². The molecule has 0 saturated heterocycles. The average Bonchev–Trinajstić information content (AvgIpc) is 3.49. The molecule has 142 valence electrons. The number of benzene rings is 1. The van der Waals surface area contributed by atoms with Gasteiger partial charge in [0.2, 0.25) is 4.96 Å². The van der Waals surface area contributed by atoms with Crippen LogP contribution in [0.25, 0.3) is 33.1 Å². The summed E-state index contributed by atoms with van der Waals surface area (Å²) in [4.78, 5) is 29.0. The van der Waals surface area contributed by atoms with Crippen LogP contribution in [-0.4, -0.2) is 19.5 Å². The second kappa shape index (κ2) is 6.76. The van der Waals surface area contributed by atoms with E-state index in [-0.39, 0.29) is 11.2 Å². The Morgan fingerprint density at radius 2 is 2.07 bits per heavy atom. The Balaban J connectivity index is 1.51. The largest absolute Gasteiger partial charge is 0.457 e. The monoisotopic (exact) mass is 422 g/mol. The van der Waals surface area contributed by atoms with E-state index in [0.717, 1.165) is 4.88 Å².